The molecule has 0 atom stereocenters. The van der Waals surface area contributed by atoms with Crippen molar-refractivity contribution in [3.05, 3.63) is 39.7 Å². The van der Waals surface area contributed by atoms with E-state index in [0.717, 1.165) is 12.1 Å². The smallest absolute Gasteiger partial charge is 0.313 e. The minimum absolute atomic E-state index is 0.111. The molecule has 1 aromatic carbocycles. The molecule has 1 heterocycles. The van der Waals surface area contributed by atoms with E-state index < -0.39 is 4.92 Å². The lowest BCUT2D eigenvalue weighted by molar-refractivity contribution is -0.385. The van der Waals surface area contributed by atoms with Gasteiger partial charge in [-0.25, -0.2) is 4.68 Å². The average Bonchev–Trinajstić information content (AvgIpc) is 2.88. The maximum Gasteiger partial charge on any atom is 0.313 e. The molecule has 0 saturated carbocycles. The van der Waals surface area contributed by atoms with Gasteiger partial charge < -0.3 is 10.5 Å². The summed E-state index contributed by atoms with van der Waals surface area (Å²) in [5.41, 5.74) is 7.73. The molecule has 2 rings (SSSR count). The van der Waals surface area contributed by atoms with Gasteiger partial charge in [-0.05, 0) is 24.5 Å². The maximum atomic E-state index is 11.1. The summed E-state index contributed by atoms with van der Waals surface area (Å²) in [6, 6.07) is 4.69. The Kier molecular flexibility index (Phi) is 4.71. The number of rotatable bonds is 6. The Hall–Kier alpha value is -2.48. The lowest BCUT2D eigenvalue weighted by Crippen LogP contribution is -2.09. The highest BCUT2D eigenvalue weighted by Crippen LogP contribution is 2.29. The molecule has 8 heteroatoms. The number of nitrogens with zero attached hydrogens (tertiary/aromatic N) is 4. The van der Waals surface area contributed by atoms with Gasteiger partial charge >= 0.3 is 5.69 Å². The predicted octanol–water partition coefficient (Wildman–Crippen LogP) is 1.84. The number of benzene rings is 1. The monoisotopic (exact) mass is 305 g/mol. The van der Waals surface area contributed by atoms with Crippen LogP contribution in [-0.2, 0) is 13.0 Å². The molecule has 0 spiro atoms. The molecule has 118 valence electrons. The number of hydrogen-bond donors (Lipinski definition) is 1. The van der Waals surface area contributed by atoms with E-state index >= 15 is 0 Å². The lowest BCUT2D eigenvalue weighted by atomic mass is 10.1. The minimum atomic E-state index is -0.481. The largest absolute Gasteiger partial charge is 0.490 e. The van der Waals surface area contributed by atoms with Gasteiger partial charge in [0.25, 0.3) is 0 Å². The number of ether oxygens (including phenoxy) is 1. The molecule has 8 nitrogen and oxygen atoms in total. The fraction of sp³-hybridized carbons (Fsp3) is 0.429. The first kappa shape index (κ1) is 15.9. The molecule has 0 radical (unpaired) electrons. The van der Waals surface area contributed by atoms with Gasteiger partial charge in [0.15, 0.2) is 5.75 Å². The normalized spacial score (nSPS) is 11.0. The number of nitrogens with two attached hydrogens (primary N) is 1. The molecule has 0 unspecified atom stereocenters. The first-order valence-corrected chi connectivity index (χ1v) is 6.94. The molecular weight excluding hydrogens is 286 g/mol. The zero-order valence-electron chi connectivity index (χ0n) is 12.8. The molecule has 0 aliphatic rings. The number of nitro benzene ring substituents is 1. The van der Waals surface area contributed by atoms with Crippen LogP contribution in [0.2, 0.25) is 0 Å². The van der Waals surface area contributed by atoms with Gasteiger partial charge in [0.2, 0.25) is 0 Å². The van der Waals surface area contributed by atoms with Crippen molar-refractivity contribution in [2.24, 2.45) is 11.7 Å². The summed E-state index contributed by atoms with van der Waals surface area (Å²) in [5.74, 6) is 0.592. The molecule has 0 fully saturated rings. The van der Waals surface area contributed by atoms with Gasteiger partial charge in [0.1, 0.15) is 0 Å². The first-order chi connectivity index (χ1) is 10.5. The molecule has 2 N–H and O–H groups in total. The van der Waals surface area contributed by atoms with Crippen LogP contribution in [0, 0.1) is 16.0 Å². The van der Waals surface area contributed by atoms with Crippen molar-refractivity contribution < 1.29 is 9.66 Å². The SMILES string of the molecule is COc1ccc(-n2nnc(CN)c2CC(C)C)cc1[N+](=O)[O-]. The third-order valence-electron chi connectivity index (χ3n) is 3.24. The van der Waals surface area contributed by atoms with Crippen LogP contribution in [0.15, 0.2) is 18.2 Å². The zero-order chi connectivity index (χ0) is 16.3. The molecule has 0 bridgehead atoms. The Morgan fingerprint density at radius 1 is 1.45 bits per heavy atom. The van der Waals surface area contributed by atoms with Crippen LogP contribution < -0.4 is 10.5 Å². The standard InChI is InChI=1S/C14H19N5O3/c1-9(2)6-12-11(8-15)16-17-18(12)10-4-5-14(22-3)13(7-10)19(20)21/h4-5,7,9H,6,8,15H2,1-3H3. The quantitative estimate of drug-likeness (QED) is 0.644. The summed E-state index contributed by atoms with van der Waals surface area (Å²) in [7, 11) is 1.40. The van der Waals surface area contributed by atoms with Gasteiger partial charge in [-0.15, -0.1) is 5.10 Å². The van der Waals surface area contributed by atoms with Crippen LogP contribution in [0.4, 0.5) is 5.69 Å². The molecular formula is C14H19N5O3. The van der Waals surface area contributed by atoms with Crippen molar-refractivity contribution in [1.29, 1.82) is 0 Å². The van der Waals surface area contributed by atoms with Gasteiger partial charge in [-0.3, -0.25) is 10.1 Å². The van der Waals surface area contributed by atoms with Crippen LogP contribution in [0.25, 0.3) is 5.69 Å². The van der Waals surface area contributed by atoms with Crippen LogP contribution in [0.5, 0.6) is 5.75 Å². The highest BCUT2D eigenvalue weighted by Gasteiger charge is 2.19. The Labute approximate surface area is 128 Å². The van der Waals surface area contributed by atoms with E-state index in [1.165, 1.54) is 13.2 Å². The summed E-state index contributed by atoms with van der Waals surface area (Å²) in [6.07, 6.45) is 0.735. The van der Waals surface area contributed by atoms with E-state index in [9.17, 15) is 10.1 Å². The van der Waals surface area contributed by atoms with E-state index in [1.54, 1.807) is 16.8 Å². The summed E-state index contributed by atoms with van der Waals surface area (Å²) in [6.45, 7) is 4.43. The first-order valence-electron chi connectivity index (χ1n) is 6.94. The fourth-order valence-electron chi connectivity index (χ4n) is 2.24. The van der Waals surface area contributed by atoms with Crippen molar-refractivity contribution in [2.75, 3.05) is 7.11 Å². The molecule has 0 aliphatic carbocycles. The van der Waals surface area contributed by atoms with Crippen molar-refractivity contribution >= 4 is 5.69 Å². The second kappa shape index (κ2) is 6.52. The van der Waals surface area contributed by atoms with Gasteiger partial charge in [-0.1, -0.05) is 19.1 Å². The second-order valence-corrected chi connectivity index (χ2v) is 5.31. The Balaban J connectivity index is 2.54. The predicted molar refractivity (Wildman–Crippen MR) is 81.0 cm³/mol. The fourth-order valence-corrected chi connectivity index (χ4v) is 2.24. The molecule has 0 amide bonds. The number of methoxy groups -OCH3 is 1. The van der Waals surface area contributed by atoms with Crippen LogP contribution in [0.1, 0.15) is 25.2 Å². The summed E-state index contributed by atoms with van der Waals surface area (Å²) >= 11 is 0. The van der Waals surface area contributed by atoms with E-state index in [2.05, 4.69) is 24.2 Å². The molecule has 0 saturated heterocycles. The van der Waals surface area contributed by atoms with Crippen molar-refractivity contribution in [2.45, 2.75) is 26.8 Å². The van der Waals surface area contributed by atoms with Gasteiger partial charge in [-0.2, -0.15) is 0 Å². The van der Waals surface area contributed by atoms with E-state index in [-0.39, 0.29) is 18.0 Å². The lowest BCUT2D eigenvalue weighted by Gasteiger charge is -2.10. The van der Waals surface area contributed by atoms with E-state index in [1.807, 2.05) is 0 Å². The van der Waals surface area contributed by atoms with Crippen LogP contribution in [0.3, 0.4) is 0 Å². The Bertz CT molecular complexity index is 681. The Morgan fingerprint density at radius 2 is 2.18 bits per heavy atom. The van der Waals surface area contributed by atoms with Crippen molar-refractivity contribution in [1.82, 2.24) is 15.0 Å². The van der Waals surface area contributed by atoms with Crippen LogP contribution in [-0.4, -0.2) is 27.0 Å². The van der Waals surface area contributed by atoms with E-state index in [0.29, 0.717) is 17.3 Å². The van der Waals surface area contributed by atoms with Crippen molar-refractivity contribution in [3.63, 3.8) is 0 Å². The molecule has 2 aromatic rings. The summed E-state index contributed by atoms with van der Waals surface area (Å²) < 4.78 is 6.62. The van der Waals surface area contributed by atoms with Crippen molar-refractivity contribution in [3.8, 4) is 11.4 Å². The minimum Gasteiger partial charge on any atom is -0.490 e. The molecule has 1 aromatic heterocycles. The highest BCUT2D eigenvalue weighted by molar-refractivity contribution is 5.53. The Morgan fingerprint density at radius 3 is 2.73 bits per heavy atom. The third-order valence-corrected chi connectivity index (χ3v) is 3.24. The third kappa shape index (κ3) is 3.06. The van der Waals surface area contributed by atoms with Crippen LogP contribution >= 0.6 is 0 Å². The highest BCUT2D eigenvalue weighted by atomic mass is 16.6. The molecule has 22 heavy (non-hydrogen) atoms. The van der Waals surface area contributed by atoms with Gasteiger partial charge in [0.05, 0.1) is 29.1 Å². The second-order valence-electron chi connectivity index (χ2n) is 5.31. The number of aromatic nitrogens is 3. The van der Waals surface area contributed by atoms with E-state index in [4.69, 9.17) is 10.5 Å². The maximum absolute atomic E-state index is 11.1. The summed E-state index contributed by atoms with van der Waals surface area (Å²) in [5, 5.41) is 19.3. The average molecular weight is 305 g/mol. The number of nitro groups is 1. The molecule has 0 aliphatic heterocycles. The van der Waals surface area contributed by atoms with Gasteiger partial charge in [0, 0.05) is 12.6 Å². The zero-order valence-corrected chi connectivity index (χ0v) is 12.8. The summed E-state index contributed by atoms with van der Waals surface area (Å²) in [4.78, 5) is 10.7. The number of hydrogen-bond acceptors (Lipinski definition) is 6. The topological polar surface area (TPSA) is 109 Å².